The van der Waals surface area contributed by atoms with Crippen molar-refractivity contribution in [2.45, 2.75) is 26.8 Å². The van der Waals surface area contributed by atoms with E-state index in [0.29, 0.717) is 34.2 Å². The van der Waals surface area contributed by atoms with Crippen molar-refractivity contribution in [1.29, 1.82) is 0 Å². The zero-order valence-electron chi connectivity index (χ0n) is 20.8. The molecule has 1 aliphatic rings. The van der Waals surface area contributed by atoms with Gasteiger partial charge in [-0.25, -0.2) is 4.98 Å². The number of anilines is 1. The first-order chi connectivity index (χ1) is 17.8. The Labute approximate surface area is 218 Å². The fraction of sp³-hybridized carbons (Fsp3) is 0.214. The summed E-state index contributed by atoms with van der Waals surface area (Å²) in [6, 6.07) is 13.3. The van der Waals surface area contributed by atoms with E-state index in [-0.39, 0.29) is 16.5 Å². The number of ketones is 2. The minimum Gasteiger partial charge on any atom is -0.503 e. The molecule has 4 rings (SSSR count). The highest BCUT2D eigenvalue weighted by molar-refractivity contribution is 7.17. The number of methoxy groups -OCH3 is 1. The van der Waals surface area contributed by atoms with Crippen molar-refractivity contribution in [2.24, 2.45) is 0 Å². The van der Waals surface area contributed by atoms with Gasteiger partial charge < -0.3 is 14.6 Å². The molecule has 1 atom stereocenters. The molecule has 8 nitrogen and oxygen atoms in total. The first-order valence-electron chi connectivity index (χ1n) is 11.6. The van der Waals surface area contributed by atoms with E-state index in [1.807, 2.05) is 37.3 Å². The average Bonchev–Trinajstić information content (AvgIpc) is 3.40. The zero-order chi connectivity index (χ0) is 26.7. The molecule has 190 valence electrons. The summed E-state index contributed by atoms with van der Waals surface area (Å²) in [5.41, 5.74) is 1.66. The number of aryl methyl sites for hydroxylation is 1. The Balaban J connectivity index is 1.84. The van der Waals surface area contributed by atoms with Gasteiger partial charge in [-0.05, 0) is 43.2 Å². The molecule has 3 aromatic rings. The molecule has 1 aliphatic heterocycles. The molecule has 0 saturated heterocycles. The summed E-state index contributed by atoms with van der Waals surface area (Å²) in [6.07, 6.45) is 2.94. The van der Waals surface area contributed by atoms with Crippen LogP contribution in [-0.4, -0.2) is 41.3 Å². The second-order valence-corrected chi connectivity index (χ2v) is 9.24. The number of aromatic nitrogens is 1. The highest BCUT2D eigenvalue weighted by Gasteiger charge is 2.45. The quantitative estimate of drug-likeness (QED) is 0.305. The number of amides is 1. The van der Waals surface area contributed by atoms with Crippen LogP contribution < -0.4 is 14.4 Å². The summed E-state index contributed by atoms with van der Waals surface area (Å²) in [5.74, 6) is -1.26. The van der Waals surface area contributed by atoms with Gasteiger partial charge in [-0.15, -0.1) is 0 Å². The molecule has 1 amide bonds. The minimum atomic E-state index is -1.00. The van der Waals surface area contributed by atoms with E-state index in [1.54, 1.807) is 31.2 Å². The Morgan fingerprint density at radius 1 is 1.16 bits per heavy atom. The Bertz CT molecular complexity index is 1420. The monoisotopic (exact) mass is 518 g/mol. The van der Waals surface area contributed by atoms with Crippen molar-refractivity contribution in [3.63, 3.8) is 0 Å². The van der Waals surface area contributed by atoms with Gasteiger partial charge in [-0.1, -0.05) is 53.8 Å². The first-order valence-corrected chi connectivity index (χ1v) is 12.4. The number of thiazole rings is 1. The normalized spacial score (nSPS) is 15.5. The van der Waals surface area contributed by atoms with Gasteiger partial charge in [0, 0.05) is 6.92 Å². The number of hydrogen-bond acceptors (Lipinski definition) is 8. The largest absolute Gasteiger partial charge is 0.503 e. The number of carbonyl (C=O) groups excluding carboxylic acids is 3. The van der Waals surface area contributed by atoms with Crippen LogP contribution in [0.15, 0.2) is 65.9 Å². The van der Waals surface area contributed by atoms with Crippen LogP contribution in [0.2, 0.25) is 0 Å². The van der Waals surface area contributed by atoms with Gasteiger partial charge >= 0.3 is 0 Å². The third-order valence-corrected chi connectivity index (χ3v) is 7.07. The Morgan fingerprint density at radius 2 is 1.89 bits per heavy atom. The van der Waals surface area contributed by atoms with Gasteiger partial charge in [0.25, 0.3) is 5.91 Å². The topological polar surface area (TPSA) is 106 Å². The lowest BCUT2D eigenvalue weighted by Gasteiger charge is -2.25. The van der Waals surface area contributed by atoms with Crippen molar-refractivity contribution in [2.75, 3.05) is 18.6 Å². The number of aliphatic hydroxyl groups is 1. The number of ether oxygens (including phenoxy) is 2. The lowest BCUT2D eigenvalue weighted by atomic mass is 9.95. The molecule has 0 aliphatic carbocycles. The number of rotatable bonds is 9. The average molecular weight is 519 g/mol. The van der Waals surface area contributed by atoms with E-state index < -0.39 is 23.5 Å². The standard InChI is InChI=1S/C28H26N2O6S/c1-5-36-21-14-12-19(15-22(21)35-4)24-23(20(32)13-11-18-9-7-6-8-10-18)25(33)27(34)30(24)28-29-16(2)26(37-28)17(3)31/h6-15,24,33H,5H2,1-4H3. The summed E-state index contributed by atoms with van der Waals surface area (Å²) in [7, 11) is 1.49. The predicted octanol–water partition coefficient (Wildman–Crippen LogP) is 5.24. The van der Waals surface area contributed by atoms with E-state index in [9.17, 15) is 19.5 Å². The van der Waals surface area contributed by atoms with E-state index in [0.717, 1.165) is 16.9 Å². The fourth-order valence-electron chi connectivity index (χ4n) is 4.14. The van der Waals surface area contributed by atoms with Gasteiger partial charge in [0.1, 0.15) is 0 Å². The van der Waals surface area contributed by atoms with Crippen LogP contribution >= 0.6 is 11.3 Å². The van der Waals surface area contributed by atoms with Gasteiger partial charge in [0.05, 0.1) is 35.9 Å². The maximum atomic E-state index is 13.4. The molecule has 9 heteroatoms. The summed E-state index contributed by atoms with van der Waals surface area (Å²) >= 11 is 1.04. The smallest absolute Gasteiger partial charge is 0.296 e. The third-order valence-electron chi connectivity index (χ3n) is 5.81. The van der Waals surface area contributed by atoms with Gasteiger partial charge in [0.15, 0.2) is 34.0 Å². The van der Waals surface area contributed by atoms with E-state index in [4.69, 9.17) is 9.47 Å². The van der Waals surface area contributed by atoms with Crippen LogP contribution in [0.1, 0.15) is 46.4 Å². The van der Waals surface area contributed by atoms with Gasteiger partial charge in [0.2, 0.25) is 0 Å². The minimum absolute atomic E-state index is 0.0966. The highest BCUT2D eigenvalue weighted by atomic mass is 32.1. The number of hydrogen-bond donors (Lipinski definition) is 1. The summed E-state index contributed by atoms with van der Waals surface area (Å²) in [4.78, 5) is 44.9. The van der Waals surface area contributed by atoms with Crippen LogP contribution in [0, 0.1) is 6.92 Å². The van der Waals surface area contributed by atoms with E-state index in [2.05, 4.69) is 4.98 Å². The predicted molar refractivity (Wildman–Crippen MR) is 141 cm³/mol. The van der Waals surface area contributed by atoms with E-state index >= 15 is 0 Å². The van der Waals surface area contributed by atoms with Crippen LogP contribution in [0.3, 0.4) is 0 Å². The molecule has 1 aromatic heterocycles. The molecule has 2 heterocycles. The fourth-order valence-corrected chi connectivity index (χ4v) is 5.13. The molecule has 1 unspecified atom stereocenters. The molecular formula is C28H26N2O6S. The first kappa shape index (κ1) is 25.8. The molecule has 1 N–H and O–H groups in total. The number of benzene rings is 2. The second-order valence-electron chi connectivity index (χ2n) is 8.26. The Morgan fingerprint density at radius 3 is 2.51 bits per heavy atom. The van der Waals surface area contributed by atoms with Crippen molar-refractivity contribution in [3.8, 4) is 11.5 Å². The number of allylic oxidation sites excluding steroid dienone is 1. The van der Waals surface area contributed by atoms with Crippen LogP contribution in [0.5, 0.6) is 11.5 Å². The Kier molecular flexibility index (Phi) is 7.54. The second kappa shape index (κ2) is 10.8. The summed E-state index contributed by atoms with van der Waals surface area (Å²) < 4.78 is 11.1. The van der Waals surface area contributed by atoms with Crippen LogP contribution in [0.4, 0.5) is 5.13 Å². The van der Waals surface area contributed by atoms with Crippen molar-refractivity contribution in [3.05, 3.63) is 87.6 Å². The number of Topliss-reactive ketones (excluding diaryl/α,β-unsaturated/α-hetero) is 1. The van der Waals surface area contributed by atoms with Crippen molar-refractivity contribution < 1.29 is 29.0 Å². The summed E-state index contributed by atoms with van der Waals surface area (Å²) in [6.45, 7) is 5.36. The molecule has 0 radical (unpaired) electrons. The number of carbonyl (C=O) groups is 3. The van der Waals surface area contributed by atoms with Crippen molar-refractivity contribution in [1.82, 2.24) is 4.98 Å². The number of aliphatic hydroxyl groups excluding tert-OH is 1. The summed E-state index contributed by atoms with van der Waals surface area (Å²) in [5, 5.41) is 11.1. The maximum Gasteiger partial charge on any atom is 0.296 e. The SMILES string of the molecule is CCOc1ccc(C2C(C(=O)C=Cc3ccccc3)=C(O)C(=O)N2c2nc(C)c(C(C)=O)s2)cc1OC. The van der Waals surface area contributed by atoms with Crippen LogP contribution in [-0.2, 0) is 9.59 Å². The highest BCUT2D eigenvalue weighted by Crippen LogP contribution is 2.44. The van der Waals surface area contributed by atoms with Gasteiger partial charge in [-0.2, -0.15) is 0 Å². The lowest BCUT2D eigenvalue weighted by molar-refractivity contribution is -0.117. The molecule has 0 saturated carbocycles. The Hall–Kier alpha value is -4.24. The third kappa shape index (κ3) is 5.03. The van der Waals surface area contributed by atoms with E-state index in [1.165, 1.54) is 25.0 Å². The molecule has 0 fully saturated rings. The van der Waals surface area contributed by atoms with Gasteiger partial charge in [-0.3, -0.25) is 19.3 Å². The lowest BCUT2D eigenvalue weighted by Crippen LogP contribution is -2.30. The molecule has 0 bridgehead atoms. The zero-order valence-corrected chi connectivity index (χ0v) is 21.7. The maximum absolute atomic E-state index is 13.4. The number of nitrogens with zero attached hydrogens (tertiary/aromatic N) is 2. The molecular weight excluding hydrogens is 492 g/mol. The molecule has 2 aromatic carbocycles. The molecule has 37 heavy (non-hydrogen) atoms. The van der Waals surface area contributed by atoms with Crippen LogP contribution in [0.25, 0.3) is 6.08 Å². The molecule has 0 spiro atoms. The van der Waals surface area contributed by atoms with Crippen molar-refractivity contribution >= 4 is 40.0 Å².